The Morgan fingerprint density at radius 3 is 1.89 bits per heavy atom. The Morgan fingerprint density at radius 2 is 1.42 bits per heavy atom. The monoisotopic (exact) mass is 642 g/mol. The number of aliphatic carboxylic acids is 1. The van der Waals surface area contributed by atoms with Gasteiger partial charge in [0.05, 0.1) is 12.5 Å². The molecule has 0 aromatic heterocycles. The lowest BCUT2D eigenvalue weighted by Crippen LogP contribution is -2.09. The third-order valence-electron chi connectivity index (χ3n) is 4.58. The number of hydrogen-bond donors (Lipinski definition) is 1. The molecule has 3 aromatic carbocycles. The van der Waals surface area contributed by atoms with Gasteiger partial charge in [0.15, 0.2) is 6.61 Å². The summed E-state index contributed by atoms with van der Waals surface area (Å²) in [6.45, 7) is -0.449. The van der Waals surface area contributed by atoms with Crippen LogP contribution in [-0.4, -0.2) is 52.8 Å². The van der Waals surface area contributed by atoms with Crippen LogP contribution >= 0.6 is 27.7 Å². The zero-order chi connectivity index (χ0) is 27.9. The SMILES string of the molecule is CS(=O)(=O)Oc1cccc(C(=CCSc2ccc(OCC(=O)O)cc2Br)c2cccc(OS(C)(=O)=O)c2)c1. The summed E-state index contributed by atoms with van der Waals surface area (Å²) in [6.07, 6.45) is 3.81. The largest absolute Gasteiger partial charge is 0.482 e. The molecule has 0 saturated heterocycles. The van der Waals surface area contributed by atoms with Crippen LogP contribution in [-0.2, 0) is 25.0 Å². The van der Waals surface area contributed by atoms with E-state index in [1.165, 1.54) is 23.9 Å². The zero-order valence-corrected chi connectivity index (χ0v) is 24.2. The summed E-state index contributed by atoms with van der Waals surface area (Å²) < 4.78 is 62.5. The number of thioether (sulfide) groups is 1. The predicted octanol–water partition coefficient (Wildman–Crippen LogP) is 4.81. The highest BCUT2D eigenvalue weighted by Gasteiger charge is 2.12. The number of halogens is 1. The van der Waals surface area contributed by atoms with Crippen LogP contribution in [0.1, 0.15) is 11.1 Å². The van der Waals surface area contributed by atoms with Crippen LogP contribution in [0.15, 0.2) is 82.2 Å². The van der Waals surface area contributed by atoms with Crippen molar-refractivity contribution in [3.05, 3.63) is 88.4 Å². The Kier molecular flexibility index (Phi) is 9.88. The van der Waals surface area contributed by atoms with E-state index in [2.05, 4.69) is 15.9 Å². The summed E-state index contributed by atoms with van der Waals surface area (Å²) in [7, 11) is -7.48. The highest BCUT2D eigenvalue weighted by molar-refractivity contribution is 9.10. The standard InChI is InChI=1S/C25H23BrO9S3/c1-37(29,30)34-20-7-3-5-17(13-20)22(18-6-4-8-21(14-18)35-38(2,31)32)11-12-36-24-10-9-19(15-23(24)26)33-16-25(27)28/h3-11,13-15H,12,16H2,1-2H3,(H,27,28). The molecule has 1 N–H and O–H groups in total. The Balaban J connectivity index is 1.93. The van der Waals surface area contributed by atoms with Crippen molar-refractivity contribution in [1.82, 2.24) is 0 Å². The first-order chi connectivity index (χ1) is 17.8. The van der Waals surface area contributed by atoms with Gasteiger partial charge in [0.1, 0.15) is 17.2 Å². The molecule has 38 heavy (non-hydrogen) atoms. The Morgan fingerprint density at radius 1 is 0.868 bits per heavy atom. The molecule has 0 fully saturated rings. The number of carbonyl (C=O) groups is 1. The van der Waals surface area contributed by atoms with Gasteiger partial charge in [-0.05, 0) is 75.1 Å². The van der Waals surface area contributed by atoms with Crippen molar-refractivity contribution < 1.29 is 39.8 Å². The maximum absolute atomic E-state index is 11.6. The highest BCUT2D eigenvalue weighted by Crippen LogP contribution is 2.34. The molecule has 0 aliphatic rings. The summed E-state index contributed by atoms with van der Waals surface area (Å²) in [4.78, 5) is 11.6. The van der Waals surface area contributed by atoms with Crippen LogP contribution in [0.5, 0.6) is 17.2 Å². The van der Waals surface area contributed by atoms with Gasteiger partial charge in [-0.3, -0.25) is 0 Å². The van der Waals surface area contributed by atoms with Gasteiger partial charge in [0.2, 0.25) is 0 Å². The van der Waals surface area contributed by atoms with Crippen molar-refractivity contribution in [2.24, 2.45) is 0 Å². The van der Waals surface area contributed by atoms with Crippen molar-refractivity contribution in [2.45, 2.75) is 4.90 Å². The maximum atomic E-state index is 11.6. The summed E-state index contributed by atoms with van der Waals surface area (Å²) in [5, 5.41) is 8.78. The molecule has 0 heterocycles. The number of hydrogen-bond acceptors (Lipinski definition) is 9. The number of carboxylic acids is 1. The van der Waals surface area contributed by atoms with Crippen molar-refractivity contribution in [3.8, 4) is 17.2 Å². The highest BCUT2D eigenvalue weighted by atomic mass is 79.9. The molecule has 3 aromatic rings. The smallest absolute Gasteiger partial charge is 0.341 e. The second-order valence-corrected chi connectivity index (χ2v) is 12.9. The fourth-order valence-electron chi connectivity index (χ4n) is 3.23. The Labute approximate surface area is 233 Å². The van der Waals surface area contributed by atoms with Crippen LogP contribution in [0.25, 0.3) is 5.57 Å². The van der Waals surface area contributed by atoms with E-state index in [1.807, 2.05) is 6.08 Å². The second kappa shape index (κ2) is 12.7. The van der Waals surface area contributed by atoms with Gasteiger partial charge in [-0.1, -0.05) is 30.3 Å². The fraction of sp³-hybridized carbons (Fsp3) is 0.160. The summed E-state index contributed by atoms with van der Waals surface area (Å²) in [5.41, 5.74) is 1.97. The third kappa shape index (κ3) is 9.71. The molecule has 0 bridgehead atoms. The molecule has 0 unspecified atom stereocenters. The average Bonchev–Trinajstić information content (AvgIpc) is 2.79. The van der Waals surface area contributed by atoms with Gasteiger partial charge in [-0.25, -0.2) is 4.79 Å². The zero-order valence-electron chi connectivity index (χ0n) is 20.2. The van der Waals surface area contributed by atoms with Gasteiger partial charge >= 0.3 is 26.2 Å². The van der Waals surface area contributed by atoms with Gasteiger partial charge in [-0.15, -0.1) is 11.8 Å². The number of carboxylic acid groups (broad SMARTS) is 1. The van der Waals surface area contributed by atoms with Gasteiger partial charge in [0.25, 0.3) is 0 Å². The fourth-order valence-corrected chi connectivity index (χ4v) is 5.63. The maximum Gasteiger partial charge on any atom is 0.341 e. The minimum absolute atomic E-state index is 0.131. The normalized spacial score (nSPS) is 11.4. The molecule has 0 atom stereocenters. The molecule has 202 valence electrons. The molecule has 0 spiro atoms. The lowest BCUT2D eigenvalue weighted by atomic mass is 9.97. The minimum atomic E-state index is -3.74. The molecule has 0 saturated carbocycles. The summed E-state index contributed by atoms with van der Waals surface area (Å²) in [5.74, 6) is 0.0653. The second-order valence-electron chi connectivity index (χ2n) is 7.83. The van der Waals surface area contributed by atoms with E-state index < -0.39 is 32.8 Å². The van der Waals surface area contributed by atoms with E-state index in [4.69, 9.17) is 18.2 Å². The van der Waals surface area contributed by atoms with E-state index in [1.54, 1.807) is 54.6 Å². The lowest BCUT2D eigenvalue weighted by molar-refractivity contribution is -0.139. The van der Waals surface area contributed by atoms with Gasteiger partial charge < -0.3 is 18.2 Å². The Bertz CT molecular complexity index is 1490. The molecule has 0 aliphatic heterocycles. The molecule has 0 radical (unpaired) electrons. The predicted molar refractivity (Wildman–Crippen MR) is 149 cm³/mol. The van der Waals surface area contributed by atoms with Crippen molar-refractivity contribution in [1.29, 1.82) is 0 Å². The quantitative estimate of drug-likeness (QED) is 0.217. The van der Waals surface area contributed by atoms with Crippen LogP contribution < -0.4 is 13.1 Å². The van der Waals surface area contributed by atoms with Crippen LogP contribution in [0.2, 0.25) is 0 Å². The van der Waals surface area contributed by atoms with Crippen LogP contribution in [0.3, 0.4) is 0 Å². The number of ether oxygens (including phenoxy) is 1. The molecular formula is C25H23BrO9S3. The minimum Gasteiger partial charge on any atom is -0.482 e. The average molecular weight is 644 g/mol. The van der Waals surface area contributed by atoms with Crippen molar-refractivity contribution in [2.75, 3.05) is 24.9 Å². The summed E-state index contributed by atoms with van der Waals surface area (Å²) >= 11 is 4.95. The van der Waals surface area contributed by atoms with E-state index in [0.29, 0.717) is 32.7 Å². The Hall–Kier alpha value is -3.00. The van der Waals surface area contributed by atoms with E-state index in [-0.39, 0.29) is 11.5 Å². The summed E-state index contributed by atoms with van der Waals surface area (Å²) in [6, 6.07) is 18.2. The first kappa shape index (κ1) is 29.6. The first-order valence-corrected chi connectivity index (χ1v) is 16.2. The van der Waals surface area contributed by atoms with Crippen LogP contribution in [0.4, 0.5) is 0 Å². The molecule has 13 heteroatoms. The third-order valence-corrected chi connectivity index (χ3v) is 7.49. The van der Waals surface area contributed by atoms with E-state index in [9.17, 15) is 21.6 Å². The van der Waals surface area contributed by atoms with Crippen molar-refractivity contribution in [3.63, 3.8) is 0 Å². The lowest BCUT2D eigenvalue weighted by Gasteiger charge is -2.13. The molecular weight excluding hydrogens is 620 g/mol. The van der Waals surface area contributed by atoms with E-state index in [0.717, 1.165) is 17.4 Å². The topological polar surface area (TPSA) is 133 Å². The van der Waals surface area contributed by atoms with Crippen molar-refractivity contribution >= 4 is 59.5 Å². The van der Waals surface area contributed by atoms with Gasteiger partial charge in [0, 0.05) is 15.1 Å². The molecule has 9 nitrogen and oxygen atoms in total. The molecule has 0 amide bonds. The van der Waals surface area contributed by atoms with E-state index >= 15 is 0 Å². The molecule has 3 rings (SSSR count). The number of benzene rings is 3. The molecule has 0 aliphatic carbocycles. The van der Waals surface area contributed by atoms with Gasteiger partial charge in [-0.2, -0.15) is 16.8 Å². The van der Waals surface area contributed by atoms with Crippen LogP contribution in [0, 0.1) is 0 Å². The first-order valence-electron chi connectivity index (χ1n) is 10.8. The number of rotatable bonds is 12.